The number of ketones is 1. The minimum atomic E-state index is -0.759. The Kier molecular flexibility index (Phi) is 4.06. The molecule has 1 fully saturated rings. The van der Waals surface area contributed by atoms with Gasteiger partial charge in [-0.25, -0.2) is 13.6 Å². The maximum atomic E-state index is 14.0. The Morgan fingerprint density at radius 2 is 2.00 bits per heavy atom. The smallest absolute Gasteiger partial charge is 0.317 e. The Balaban J connectivity index is 1.22. The third kappa shape index (κ3) is 2.99. The minimum absolute atomic E-state index is 0.108. The van der Waals surface area contributed by atoms with E-state index in [0.29, 0.717) is 11.1 Å². The number of likely N-dealkylation sites (tertiary alicyclic amines) is 1. The van der Waals surface area contributed by atoms with Crippen molar-refractivity contribution in [2.75, 3.05) is 13.1 Å². The number of Topliss-reactive ketones (excluding diaryl/α,β-unsaturated/α-hetero) is 1. The van der Waals surface area contributed by atoms with Gasteiger partial charge in [0, 0.05) is 25.2 Å². The summed E-state index contributed by atoms with van der Waals surface area (Å²) in [5.41, 5.74) is 1.06. The number of aromatic nitrogens is 1. The molecule has 0 saturated carbocycles. The highest BCUT2D eigenvalue weighted by Crippen LogP contribution is 2.39. The highest BCUT2D eigenvalue weighted by atomic mass is 19.1. The molecule has 2 amide bonds. The predicted molar refractivity (Wildman–Crippen MR) is 105 cm³/mol. The lowest BCUT2D eigenvalue weighted by Crippen LogP contribution is -2.69. The molecule has 1 aromatic heterocycles. The summed E-state index contributed by atoms with van der Waals surface area (Å²) < 4.78 is 35.0. The average molecular weight is 411 g/mol. The van der Waals surface area contributed by atoms with Gasteiger partial charge >= 0.3 is 6.03 Å². The molecule has 0 radical (unpaired) electrons. The second-order valence-electron chi connectivity index (χ2n) is 7.98. The summed E-state index contributed by atoms with van der Waals surface area (Å²) in [6, 6.07) is 8.99. The number of carbonyl (C=O) groups excluding carboxylic acids is 2. The van der Waals surface area contributed by atoms with Crippen molar-refractivity contribution in [2.45, 2.75) is 18.6 Å². The zero-order valence-corrected chi connectivity index (χ0v) is 16.2. The third-order valence-electron chi connectivity index (χ3n) is 5.75. The SMILES string of the molecule is Cn1cc(F)c2cc(CNC(=O)N3CC4(CC(=O)c5cc(F)ccc5O4)C3)ccc21. The fraction of sp³-hybridized carbons (Fsp3) is 0.273. The van der Waals surface area contributed by atoms with Crippen LogP contribution in [-0.4, -0.2) is 40.0 Å². The van der Waals surface area contributed by atoms with Crippen LogP contribution in [-0.2, 0) is 13.6 Å². The van der Waals surface area contributed by atoms with Crippen LogP contribution in [0.3, 0.4) is 0 Å². The molecule has 8 heteroatoms. The van der Waals surface area contributed by atoms with Crippen LogP contribution in [0.15, 0.2) is 42.6 Å². The molecule has 154 valence electrons. The normalized spacial score (nSPS) is 16.9. The molecule has 0 atom stereocenters. The van der Waals surface area contributed by atoms with Crippen LogP contribution in [0.4, 0.5) is 13.6 Å². The zero-order chi connectivity index (χ0) is 21.0. The highest BCUT2D eigenvalue weighted by Gasteiger charge is 2.51. The number of amides is 2. The van der Waals surface area contributed by atoms with E-state index in [1.54, 1.807) is 22.6 Å². The average Bonchev–Trinajstić information content (AvgIpc) is 2.98. The Morgan fingerprint density at radius 3 is 2.80 bits per heavy atom. The molecule has 1 saturated heterocycles. The number of aryl methyl sites for hydroxylation is 1. The lowest BCUT2D eigenvalue weighted by atomic mass is 9.84. The van der Waals surface area contributed by atoms with Crippen LogP contribution < -0.4 is 10.1 Å². The van der Waals surface area contributed by atoms with Crippen LogP contribution in [0.2, 0.25) is 0 Å². The maximum Gasteiger partial charge on any atom is 0.317 e. The summed E-state index contributed by atoms with van der Waals surface area (Å²) >= 11 is 0. The molecule has 5 rings (SSSR count). The number of halogens is 2. The molecule has 3 aromatic rings. The number of benzene rings is 2. The van der Waals surface area contributed by atoms with Crippen LogP contribution in [0, 0.1) is 11.6 Å². The molecule has 1 spiro atoms. The first-order chi connectivity index (χ1) is 14.3. The van der Waals surface area contributed by atoms with E-state index < -0.39 is 11.4 Å². The van der Waals surface area contributed by atoms with Crippen LogP contribution in [0.5, 0.6) is 5.75 Å². The molecule has 2 aromatic carbocycles. The first-order valence-electron chi connectivity index (χ1n) is 9.62. The Labute approximate surface area is 171 Å². The lowest BCUT2D eigenvalue weighted by Gasteiger charge is -2.50. The van der Waals surface area contributed by atoms with Gasteiger partial charge in [-0.3, -0.25) is 4.79 Å². The van der Waals surface area contributed by atoms with Crippen LogP contribution in [0.1, 0.15) is 22.3 Å². The number of ether oxygens (including phenoxy) is 1. The Hall–Kier alpha value is -3.42. The molecule has 2 aliphatic heterocycles. The van der Waals surface area contributed by atoms with E-state index in [1.165, 1.54) is 24.4 Å². The van der Waals surface area contributed by atoms with Gasteiger partial charge in [0.15, 0.2) is 11.4 Å². The van der Waals surface area contributed by atoms with E-state index in [0.717, 1.165) is 11.1 Å². The highest BCUT2D eigenvalue weighted by molar-refractivity contribution is 6.00. The molecule has 2 aliphatic rings. The number of hydrogen-bond acceptors (Lipinski definition) is 3. The summed E-state index contributed by atoms with van der Waals surface area (Å²) in [6.45, 7) is 0.802. The topological polar surface area (TPSA) is 63.6 Å². The van der Waals surface area contributed by atoms with Gasteiger partial charge in [0.1, 0.15) is 17.4 Å². The number of urea groups is 1. The van der Waals surface area contributed by atoms with E-state index in [-0.39, 0.29) is 49.3 Å². The van der Waals surface area contributed by atoms with E-state index >= 15 is 0 Å². The quantitative estimate of drug-likeness (QED) is 0.703. The molecule has 3 heterocycles. The monoisotopic (exact) mass is 411 g/mol. The lowest BCUT2D eigenvalue weighted by molar-refractivity contribution is -0.0597. The van der Waals surface area contributed by atoms with Crippen molar-refractivity contribution in [1.82, 2.24) is 14.8 Å². The van der Waals surface area contributed by atoms with Crippen molar-refractivity contribution in [1.29, 1.82) is 0 Å². The van der Waals surface area contributed by atoms with Crippen molar-refractivity contribution in [2.24, 2.45) is 7.05 Å². The van der Waals surface area contributed by atoms with Gasteiger partial charge in [0.2, 0.25) is 0 Å². The summed E-state index contributed by atoms with van der Waals surface area (Å²) in [4.78, 5) is 26.4. The zero-order valence-electron chi connectivity index (χ0n) is 16.2. The van der Waals surface area contributed by atoms with Crippen molar-refractivity contribution in [3.8, 4) is 5.75 Å². The van der Waals surface area contributed by atoms with Gasteiger partial charge in [-0.15, -0.1) is 0 Å². The molecular weight excluding hydrogens is 392 g/mol. The van der Waals surface area contributed by atoms with E-state index in [1.807, 2.05) is 12.1 Å². The standard InChI is InChI=1S/C22H19F2N3O3/c1-26-10-17(24)15-6-13(2-4-18(15)26)9-25-21(29)27-11-22(12-27)8-19(28)16-7-14(23)3-5-20(16)30-22/h2-7,10H,8-9,11-12H2,1H3,(H,25,29). The summed E-state index contributed by atoms with van der Waals surface area (Å²) in [6.07, 6.45) is 1.53. The van der Waals surface area contributed by atoms with Gasteiger partial charge in [-0.1, -0.05) is 6.07 Å². The molecule has 0 bridgehead atoms. The Bertz CT molecular complexity index is 1200. The fourth-order valence-electron chi connectivity index (χ4n) is 4.23. The number of carbonyl (C=O) groups is 2. The summed E-state index contributed by atoms with van der Waals surface area (Å²) in [5.74, 6) is -0.616. The molecule has 1 N–H and O–H groups in total. The number of hydrogen-bond donors (Lipinski definition) is 1. The van der Waals surface area contributed by atoms with E-state index in [9.17, 15) is 18.4 Å². The van der Waals surface area contributed by atoms with Crippen molar-refractivity contribution in [3.05, 3.63) is 65.4 Å². The van der Waals surface area contributed by atoms with Gasteiger partial charge in [-0.05, 0) is 35.9 Å². The van der Waals surface area contributed by atoms with Crippen molar-refractivity contribution in [3.63, 3.8) is 0 Å². The van der Waals surface area contributed by atoms with Gasteiger partial charge < -0.3 is 19.5 Å². The summed E-state index contributed by atoms with van der Waals surface area (Å²) in [5, 5.41) is 3.33. The number of fused-ring (bicyclic) bond motifs is 2. The van der Waals surface area contributed by atoms with Crippen molar-refractivity contribution < 1.29 is 23.1 Å². The first-order valence-corrected chi connectivity index (χ1v) is 9.62. The second-order valence-corrected chi connectivity index (χ2v) is 7.98. The van der Waals surface area contributed by atoms with Crippen LogP contribution >= 0.6 is 0 Å². The molecule has 0 unspecified atom stereocenters. The van der Waals surface area contributed by atoms with E-state index in [2.05, 4.69) is 5.32 Å². The molecule has 6 nitrogen and oxygen atoms in total. The predicted octanol–water partition coefficient (Wildman–Crippen LogP) is 3.39. The largest absolute Gasteiger partial charge is 0.482 e. The maximum absolute atomic E-state index is 14.0. The number of rotatable bonds is 2. The van der Waals surface area contributed by atoms with Crippen LogP contribution in [0.25, 0.3) is 10.9 Å². The number of nitrogens with one attached hydrogen (secondary N) is 1. The first kappa shape index (κ1) is 18.6. The van der Waals surface area contributed by atoms with Gasteiger partial charge in [0.05, 0.1) is 30.6 Å². The van der Waals surface area contributed by atoms with Gasteiger partial charge in [-0.2, -0.15) is 0 Å². The Morgan fingerprint density at radius 1 is 1.20 bits per heavy atom. The summed E-state index contributed by atoms with van der Waals surface area (Å²) in [7, 11) is 1.78. The van der Waals surface area contributed by atoms with Crippen molar-refractivity contribution >= 4 is 22.7 Å². The second kappa shape index (κ2) is 6.55. The minimum Gasteiger partial charge on any atom is -0.482 e. The fourth-order valence-corrected chi connectivity index (χ4v) is 4.23. The molecule has 0 aliphatic carbocycles. The molecular formula is C22H19F2N3O3. The number of nitrogens with zero attached hydrogens (tertiary/aromatic N) is 2. The molecule has 30 heavy (non-hydrogen) atoms. The van der Waals surface area contributed by atoms with Gasteiger partial charge in [0.25, 0.3) is 0 Å². The third-order valence-corrected chi connectivity index (χ3v) is 5.75. The van der Waals surface area contributed by atoms with E-state index in [4.69, 9.17) is 4.74 Å².